The van der Waals surface area contributed by atoms with Crippen molar-refractivity contribution in [2.24, 2.45) is 0 Å². The summed E-state index contributed by atoms with van der Waals surface area (Å²) >= 11 is 3.52. The molecule has 0 amide bonds. The fraction of sp³-hybridized carbons (Fsp3) is 0.600. The van der Waals surface area contributed by atoms with Crippen LogP contribution in [0.15, 0.2) is 22.7 Å². The van der Waals surface area contributed by atoms with Gasteiger partial charge in [0.1, 0.15) is 15.6 Å². The predicted octanol–water partition coefficient (Wildman–Crippen LogP) is 2.90. The Morgan fingerprint density at radius 2 is 2.14 bits per heavy atom. The van der Waals surface area contributed by atoms with Crippen LogP contribution in [0.4, 0.5) is 0 Å². The van der Waals surface area contributed by atoms with Crippen LogP contribution >= 0.6 is 15.9 Å². The minimum absolute atomic E-state index is 0.0120. The number of rotatable bonds is 5. The van der Waals surface area contributed by atoms with E-state index in [1.807, 2.05) is 25.2 Å². The van der Waals surface area contributed by atoms with Gasteiger partial charge in [0, 0.05) is 23.7 Å². The molecule has 1 saturated carbocycles. The van der Waals surface area contributed by atoms with E-state index in [0.717, 1.165) is 41.6 Å². The molecule has 1 aliphatic rings. The van der Waals surface area contributed by atoms with Gasteiger partial charge < -0.3 is 10.1 Å². The van der Waals surface area contributed by atoms with Crippen molar-refractivity contribution in [1.82, 2.24) is 5.32 Å². The van der Waals surface area contributed by atoms with Crippen LogP contribution in [-0.2, 0) is 16.4 Å². The lowest BCUT2D eigenvalue weighted by Crippen LogP contribution is -2.33. The van der Waals surface area contributed by atoms with Gasteiger partial charge in [0.05, 0.1) is 11.4 Å². The maximum absolute atomic E-state index is 11.7. The second kappa shape index (κ2) is 7.11. The Labute approximate surface area is 135 Å². The Morgan fingerprint density at radius 1 is 1.38 bits per heavy atom. The third-order valence-corrected chi connectivity index (χ3v) is 6.28. The minimum Gasteiger partial charge on any atom is -0.490 e. The summed E-state index contributed by atoms with van der Waals surface area (Å²) in [4.78, 5) is 0. The van der Waals surface area contributed by atoms with Crippen molar-refractivity contribution in [3.8, 4) is 5.75 Å². The first kappa shape index (κ1) is 16.8. The highest BCUT2D eigenvalue weighted by molar-refractivity contribution is 9.10. The predicted molar refractivity (Wildman–Crippen MR) is 88.4 cm³/mol. The highest BCUT2D eigenvalue weighted by atomic mass is 79.9. The molecule has 118 valence electrons. The number of nitrogens with one attached hydrogen (secondary N) is 1. The van der Waals surface area contributed by atoms with Crippen LogP contribution in [0.1, 0.15) is 31.2 Å². The molecular weight excluding hydrogens is 354 g/mol. The van der Waals surface area contributed by atoms with Crippen molar-refractivity contribution in [2.75, 3.05) is 13.3 Å². The second-order valence-electron chi connectivity index (χ2n) is 5.64. The largest absolute Gasteiger partial charge is 0.490 e. The van der Waals surface area contributed by atoms with Crippen LogP contribution < -0.4 is 10.1 Å². The molecule has 0 aliphatic heterocycles. The van der Waals surface area contributed by atoms with Gasteiger partial charge in [-0.25, -0.2) is 8.42 Å². The van der Waals surface area contributed by atoms with E-state index in [1.165, 1.54) is 6.26 Å². The van der Waals surface area contributed by atoms with Crippen molar-refractivity contribution in [1.29, 1.82) is 0 Å². The van der Waals surface area contributed by atoms with Crippen LogP contribution in [0.3, 0.4) is 0 Å². The monoisotopic (exact) mass is 375 g/mol. The van der Waals surface area contributed by atoms with Crippen LogP contribution in [-0.4, -0.2) is 33.1 Å². The summed E-state index contributed by atoms with van der Waals surface area (Å²) in [7, 11) is -1.07. The molecular formula is C15H22BrNO3S. The van der Waals surface area contributed by atoms with Crippen molar-refractivity contribution in [3.05, 3.63) is 28.2 Å². The van der Waals surface area contributed by atoms with Gasteiger partial charge in [-0.3, -0.25) is 0 Å². The zero-order valence-corrected chi connectivity index (χ0v) is 14.8. The summed E-state index contributed by atoms with van der Waals surface area (Å²) in [5, 5.41) is 2.86. The molecule has 1 aliphatic carbocycles. The summed E-state index contributed by atoms with van der Waals surface area (Å²) in [6.45, 7) is 0.758. The molecule has 0 bridgehead atoms. The van der Waals surface area contributed by atoms with Crippen molar-refractivity contribution in [2.45, 2.75) is 43.6 Å². The van der Waals surface area contributed by atoms with Gasteiger partial charge in [-0.05, 0) is 50.1 Å². The Morgan fingerprint density at radius 3 is 2.81 bits per heavy atom. The first-order chi connectivity index (χ1) is 9.90. The number of benzene rings is 1. The van der Waals surface area contributed by atoms with Crippen LogP contribution in [0, 0.1) is 0 Å². The van der Waals surface area contributed by atoms with Crippen molar-refractivity contribution >= 4 is 25.8 Å². The molecule has 2 rings (SSSR count). The van der Waals surface area contributed by atoms with E-state index in [2.05, 4.69) is 21.2 Å². The van der Waals surface area contributed by atoms with Crippen LogP contribution in [0.25, 0.3) is 0 Å². The fourth-order valence-corrected chi connectivity index (χ4v) is 4.29. The molecule has 1 fully saturated rings. The van der Waals surface area contributed by atoms with Crippen molar-refractivity contribution in [3.63, 3.8) is 0 Å². The molecule has 4 nitrogen and oxygen atoms in total. The zero-order valence-electron chi connectivity index (χ0n) is 12.4. The summed E-state index contributed by atoms with van der Waals surface area (Å²) in [5.41, 5.74) is 1.13. The first-order valence-electron chi connectivity index (χ1n) is 7.18. The molecule has 6 heteroatoms. The zero-order chi connectivity index (χ0) is 15.5. The molecule has 0 aromatic heterocycles. The Balaban J connectivity index is 2.06. The SMILES string of the molecule is CNCc1cc(OC2CCCC(S(C)(=O)=O)C2)ccc1Br. The summed E-state index contributed by atoms with van der Waals surface area (Å²) in [5.74, 6) is 0.808. The second-order valence-corrected chi connectivity index (χ2v) is 8.82. The van der Waals surface area contributed by atoms with E-state index in [4.69, 9.17) is 4.74 Å². The number of hydrogen-bond donors (Lipinski definition) is 1. The first-order valence-corrected chi connectivity index (χ1v) is 9.93. The average molecular weight is 376 g/mol. The smallest absolute Gasteiger partial charge is 0.150 e. The van der Waals surface area contributed by atoms with Gasteiger partial charge in [0.15, 0.2) is 0 Å². The van der Waals surface area contributed by atoms with Gasteiger partial charge in [0.25, 0.3) is 0 Å². The Kier molecular flexibility index (Phi) is 5.68. The van der Waals surface area contributed by atoms with Gasteiger partial charge in [0.2, 0.25) is 0 Å². The van der Waals surface area contributed by atoms with Crippen LogP contribution in [0.5, 0.6) is 5.75 Å². The maximum atomic E-state index is 11.7. The highest BCUT2D eigenvalue weighted by Gasteiger charge is 2.29. The molecule has 0 spiro atoms. The van der Waals surface area contributed by atoms with E-state index in [-0.39, 0.29) is 11.4 Å². The summed E-state index contributed by atoms with van der Waals surface area (Å²) in [6, 6.07) is 5.90. The van der Waals surface area contributed by atoms with Crippen molar-refractivity contribution < 1.29 is 13.2 Å². The molecule has 0 heterocycles. The molecule has 21 heavy (non-hydrogen) atoms. The van der Waals surface area contributed by atoms with Gasteiger partial charge >= 0.3 is 0 Å². The molecule has 1 aromatic carbocycles. The van der Waals surface area contributed by atoms with Gasteiger partial charge in [-0.1, -0.05) is 15.9 Å². The Hall–Kier alpha value is -0.590. The number of ether oxygens (including phenoxy) is 1. The third kappa shape index (κ3) is 4.69. The summed E-state index contributed by atoms with van der Waals surface area (Å²) < 4.78 is 30.4. The average Bonchev–Trinajstić information content (AvgIpc) is 2.42. The molecule has 1 N–H and O–H groups in total. The third-order valence-electron chi connectivity index (χ3n) is 3.87. The van der Waals surface area contributed by atoms with E-state index < -0.39 is 9.84 Å². The summed E-state index contributed by atoms with van der Waals surface area (Å²) in [6.07, 6.45) is 4.48. The van der Waals surface area contributed by atoms with Gasteiger partial charge in [-0.15, -0.1) is 0 Å². The lowest BCUT2D eigenvalue weighted by Gasteiger charge is -2.28. The topological polar surface area (TPSA) is 55.4 Å². The van der Waals surface area contributed by atoms with E-state index >= 15 is 0 Å². The number of halogens is 1. The van der Waals surface area contributed by atoms with E-state index in [9.17, 15) is 8.42 Å². The molecule has 0 radical (unpaired) electrons. The molecule has 0 saturated heterocycles. The van der Waals surface area contributed by atoms with E-state index in [1.54, 1.807) is 0 Å². The Bertz CT molecular complexity index is 589. The normalized spacial score (nSPS) is 23.0. The fourth-order valence-electron chi connectivity index (χ4n) is 2.74. The maximum Gasteiger partial charge on any atom is 0.150 e. The number of sulfone groups is 1. The van der Waals surface area contributed by atoms with Gasteiger partial charge in [-0.2, -0.15) is 0 Å². The molecule has 2 atom stereocenters. The molecule has 1 aromatic rings. The quantitative estimate of drug-likeness (QED) is 0.859. The lowest BCUT2D eigenvalue weighted by atomic mass is 9.97. The number of hydrogen-bond acceptors (Lipinski definition) is 4. The highest BCUT2D eigenvalue weighted by Crippen LogP contribution is 2.29. The minimum atomic E-state index is -2.97. The molecule has 2 unspecified atom stereocenters. The standard InChI is InChI=1S/C15H22BrNO3S/c1-17-10-11-8-13(6-7-15(11)16)20-12-4-3-5-14(9-12)21(2,18)19/h6-8,12,14,17H,3-5,9-10H2,1-2H3. The van der Waals surface area contributed by atoms with E-state index in [0.29, 0.717) is 6.42 Å². The van der Waals surface area contributed by atoms with Crippen LogP contribution in [0.2, 0.25) is 0 Å². The lowest BCUT2D eigenvalue weighted by molar-refractivity contribution is 0.156.